The molecule has 0 bridgehead atoms. The first-order chi connectivity index (χ1) is 16.5. The average molecular weight is 458 g/mol. The molecule has 1 aromatic carbocycles. The molecule has 7 nitrogen and oxygen atoms in total. The fraction of sp³-hybridized carbons (Fsp3) is 0.407. The fourth-order valence-electron chi connectivity index (χ4n) is 5.63. The van der Waals surface area contributed by atoms with E-state index in [0.29, 0.717) is 43.4 Å². The van der Waals surface area contributed by atoms with Crippen molar-refractivity contribution in [2.45, 2.75) is 44.6 Å². The molecule has 2 amide bonds. The number of rotatable bonds is 5. The number of likely N-dealkylation sites (tertiary alicyclic amines) is 2. The SMILES string of the molecule is CC(C)CN1C(=O)CCC[C@]12CN(C(=O)c1ccc(-n3cccn3)nc1)C[C@H]2c1ccccc1. The summed E-state index contributed by atoms with van der Waals surface area (Å²) in [6, 6.07) is 15.8. The smallest absolute Gasteiger partial charge is 0.255 e. The number of aromatic nitrogens is 3. The van der Waals surface area contributed by atoms with Gasteiger partial charge in [-0.05, 0) is 42.5 Å². The normalized spacial score (nSPS) is 22.7. The van der Waals surface area contributed by atoms with Crippen molar-refractivity contribution in [3.63, 3.8) is 0 Å². The second kappa shape index (κ2) is 9.05. The summed E-state index contributed by atoms with van der Waals surface area (Å²) in [5, 5.41) is 4.20. The van der Waals surface area contributed by atoms with Gasteiger partial charge in [-0.3, -0.25) is 9.59 Å². The van der Waals surface area contributed by atoms with Gasteiger partial charge in [-0.1, -0.05) is 44.2 Å². The number of carbonyl (C=O) groups is 2. The Bertz CT molecular complexity index is 1140. The van der Waals surface area contributed by atoms with Crippen LogP contribution in [0.4, 0.5) is 0 Å². The molecule has 0 N–H and O–H groups in total. The van der Waals surface area contributed by atoms with Gasteiger partial charge in [0.1, 0.15) is 0 Å². The van der Waals surface area contributed by atoms with E-state index in [9.17, 15) is 9.59 Å². The minimum Gasteiger partial charge on any atom is -0.336 e. The van der Waals surface area contributed by atoms with Gasteiger partial charge in [-0.2, -0.15) is 5.10 Å². The molecule has 0 aliphatic carbocycles. The third kappa shape index (κ3) is 4.00. The summed E-state index contributed by atoms with van der Waals surface area (Å²) in [6.07, 6.45) is 7.50. The highest BCUT2D eigenvalue weighted by atomic mass is 16.2. The molecule has 5 rings (SSSR count). The number of hydrogen-bond donors (Lipinski definition) is 0. The van der Waals surface area contributed by atoms with Crippen molar-refractivity contribution in [2.24, 2.45) is 5.92 Å². The first-order valence-corrected chi connectivity index (χ1v) is 12.1. The maximum absolute atomic E-state index is 13.6. The first kappa shape index (κ1) is 22.3. The largest absolute Gasteiger partial charge is 0.336 e. The van der Waals surface area contributed by atoms with Crippen molar-refractivity contribution in [1.29, 1.82) is 0 Å². The quantitative estimate of drug-likeness (QED) is 0.582. The van der Waals surface area contributed by atoms with E-state index >= 15 is 0 Å². The average Bonchev–Trinajstić information content (AvgIpc) is 3.51. The summed E-state index contributed by atoms with van der Waals surface area (Å²) >= 11 is 0. The lowest BCUT2D eigenvalue weighted by Crippen LogP contribution is -2.59. The van der Waals surface area contributed by atoms with Crippen LogP contribution in [0.5, 0.6) is 0 Å². The van der Waals surface area contributed by atoms with Crippen LogP contribution in [-0.4, -0.2) is 61.6 Å². The van der Waals surface area contributed by atoms with Gasteiger partial charge in [0.25, 0.3) is 5.91 Å². The molecule has 2 fully saturated rings. The molecule has 2 aromatic heterocycles. The van der Waals surface area contributed by atoms with Crippen molar-refractivity contribution in [3.8, 4) is 5.82 Å². The Morgan fingerprint density at radius 1 is 1.15 bits per heavy atom. The number of amides is 2. The highest BCUT2D eigenvalue weighted by Crippen LogP contribution is 2.46. The lowest BCUT2D eigenvalue weighted by atomic mass is 9.74. The number of nitrogens with zero attached hydrogens (tertiary/aromatic N) is 5. The van der Waals surface area contributed by atoms with Crippen LogP contribution in [0.15, 0.2) is 67.1 Å². The highest BCUT2D eigenvalue weighted by molar-refractivity contribution is 5.94. The number of carbonyl (C=O) groups excluding carboxylic acids is 2. The topological polar surface area (TPSA) is 71.3 Å². The summed E-state index contributed by atoms with van der Waals surface area (Å²) in [7, 11) is 0. The minimum absolute atomic E-state index is 0.0418. The van der Waals surface area contributed by atoms with Gasteiger partial charge in [0.15, 0.2) is 5.82 Å². The lowest BCUT2D eigenvalue weighted by Gasteiger charge is -2.49. The Morgan fingerprint density at radius 2 is 1.97 bits per heavy atom. The summed E-state index contributed by atoms with van der Waals surface area (Å²) in [5.74, 6) is 1.28. The summed E-state index contributed by atoms with van der Waals surface area (Å²) in [4.78, 5) is 35.3. The van der Waals surface area contributed by atoms with Gasteiger partial charge in [-0.15, -0.1) is 0 Å². The van der Waals surface area contributed by atoms with Crippen molar-refractivity contribution < 1.29 is 9.59 Å². The summed E-state index contributed by atoms with van der Waals surface area (Å²) in [6.45, 7) is 6.15. The van der Waals surface area contributed by atoms with E-state index in [2.05, 4.69) is 41.0 Å². The molecule has 2 atom stereocenters. The van der Waals surface area contributed by atoms with E-state index in [1.807, 2.05) is 47.5 Å². The van der Waals surface area contributed by atoms with Gasteiger partial charge in [0.05, 0.1) is 11.1 Å². The maximum atomic E-state index is 13.6. The summed E-state index contributed by atoms with van der Waals surface area (Å²) < 4.78 is 1.67. The van der Waals surface area contributed by atoms with Gasteiger partial charge < -0.3 is 9.80 Å². The maximum Gasteiger partial charge on any atom is 0.255 e. The predicted octanol–water partition coefficient (Wildman–Crippen LogP) is 3.91. The molecule has 1 spiro atoms. The first-order valence-electron chi connectivity index (χ1n) is 12.1. The highest BCUT2D eigenvalue weighted by Gasteiger charge is 2.54. The van der Waals surface area contributed by atoms with Crippen molar-refractivity contribution in [2.75, 3.05) is 19.6 Å². The van der Waals surface area contributed by atoms with E-state index in [0.717, 1.165) is 12.8 Å². The monoisotopic (exact) mass is 457 g/mol. The van der Waals surface area contributed by atoms with Crippen LogP contribution in [0.3, 0.4) is 0 Å². The lowest BCUT2D eigenvalue weighted by molar-refractivity contribution is -0.143. The van der Waals surface area contributed by atoms with E-state index in [-0.39, 0.29) is 23.3 Å². The third-order valence-electron chi connectivity index (χ3n) is 7.13. The molecule has 4 heterocycles. The van der Waals surface area contributed by atoms with Crippen molar-refractivity contribution in [3.05, 3.63) is 78.2 Å². The van der Waals surface area contributed by atoms with Crippen LogP contribution in [0.1, 0.15) is 54.9 Å². The molecule has 34 heavy (non-hydrogen) atoms. The Kier molecular flexibility index (Phi) is 5.94. The Morgan fingerprint density at radius 3 is 2.65 bits per heavy atom. The van der Waals surface area contributed by atoms with Crippen LogP contribution in [0, 0.1) is 5.92 Å². The molecular formula is C27H31N5O2. The van der Waals surface area contributed by atoms with Gasteiger partial charge in [0.2, 0.25) is 5.91 Å². The van der Waals surface area contributed by atoms with E-state index < -0.39 is 0 Å². The standard InChI is InChI=1S/C27H31N5O2/c1-20(2)17-31-25(33)10-6-13-27(31)19-30(18-23(27)21-8-4-3-5-9-21)26(34)22-11-12-24(28-16-22)32-15-7-14-29-32/h3-5,7-9,11-12,14-16,20,23H,6,10,13,17-19H2,1-2H3/t23-,27+/m0/s1. The molecular weight excluding hydrogens is 426 g/mol. The molecule has 0 radical (unpaired) electrons. The minimum atomic E-state index is -0.376. The van der Waals surface area contributed by atoms with Crippen LogP contribution < -0.4 is 0 Å². The van der Waals surface area contributed by atoms with Gasteiger partial charge in [0, 0.05) is 50.6 Å². The van der Waals surface area contributed by atoms with Crippen molar-refractivity contribution >= 4 is 11.8 Å². The Labute approximate surface area is 200 Å². The van der Waals surface area contributed by atoms with E-state index in [4.69, 9.17) is 0 Å². The molecule has 2 aliphatic rings. The van der Waals surface area contributed by atoms with E-state index in [1.54, 1.807) is 17.1 Å². The number of piperidine rings is 1. The van der Waals surface area contributed by atoms with Gasteiger partial charge >= 0.3 is 0 Å². The van der Waals surface area contributed by atoms with Crippen LogP contribution in [0.25, 0.3) is 5.82 Å². The second-order valence-electron chi connectivity index (χ2n) is 9.86. The Balaban J connectivity index is 1.47. The zero-order valence-electron chi connectivity index (χ0n) is 19.8. The molecule has 3 aromatic rings. The third-order valence-corrected chi connectivity index (χ3v) is 7.13. The molecule has 0 saturated carbocycles. The Hall–Kier alpha value is -3.48. The molecule has 7 heteroatoms. The number of hydrogen-bond acceptors (Lipinski definition) is 4. The van der Waals surface area contributed by atoms with Crippen LogP contribution in [-0.2, 0) is 4.79 Å². The van der Waals surface area contributed by atoms with Crippen LogP contribution in [0.2, 0.25) is 0 Å². The second-order valence-corrected chi connectivity index (χ2v) is 9.86. The summed E-state index contributed by atoms with van der Waals surface area (Å²) in [5.41, 5.74) is 1.37. The molecule has 176 valence electrons. The van der Waals surface area contributed by atoms with Crippen LogP contribution >= 0.6 is 0 Å². The fourth-order valence-corrected chi connectivity index (χ4v) is 5.63. The zero-order chi connectivity index (χ0) is 23.7. The molecule has 0 unspecified atom stereocenters. The number of benzene rings is 1. The van der Waals surface area contributed by atoms with Gasteiger partial charge in [-0.25, -0.2) is 9.67 Å². The van der Waals surface area contributed by atoms with E-state index in [1.165, 1.54) is 5.56 Å². The molecule has 2 aliphatic heterocycles. The molecule has 2 saturated heterocycles. The predicted molar refractivity (Wildman–Crippen MR) is 130 cm³/mol. The number of pyridine rings is 1. The zero-order valence-corrected chi connectivity index (χ0v) is 19.8. The van der Waals surface area contributed by atoms with Crippen molar-refractivity contribution in [1.82, 2.24) is 24.6 Å².